The molecule has 3 fully saturated rings. The van der Waals surface area contributed by atoms with Crippen LogP contribution >= 0.6 is 0 Å². The van der Waals surface area contributed by atoms with Gasteiger partial charge in [0.15, 0.2) is 0 Å². The van der Waals surface area contributed by atoms with Crippen molar-refractivity contribution in [2.45, 2.75) is 12.8 Å². The average molecular weight is 318 g/mol. The second-order valence-electron chi connectivity index (χ2n) is 7.24. The average Bonchev–Trinajstić information content (AvgIpc) is 3.20. The standard InChI is InChI=1S/C20H18N2O2/c23-18-16-14-8-9-15(20(14)10-11-20)17(16)19(24)22(18)21-12-4-7-13-5-2-1-3-6-13/h1-9,12,14-17H,10-11H2/b7-4+,21-12-/t14-,15-,16-,17+/m0/s1. The van der Waals surface area contributed by atoms with Gasteiger partial charge in [0.2, 0.25) is 0 Å². The number of carbonyl (C=O) groups is 2. The van der Waals surface area contributed by atoms with Crippen LogP contribution in [-0.4, -0.2) is 23.0 Å². The van der Waals surface area contributed by atoms with Crippen molar-refractivity contribution < 1.29 is 9.59 Å². The van der Waals surface area contributed by atoms with Gasteiger partial charge in [-0.15, -0.1) is 0 Å². The summed E-state index contributed by atoms with van der Waals surface area (Å²) in [6.45, 7) is 0. The quantitative estimate of drug-likeness (QED) is 0.489. The highest BCUT2D eigenvalue weighted by Crippen LogP contribution is 2.73. The number of nitrogens with zero attached hydrogens (tertiary/aromatic N) is 2. The molecule has 4 aliphatic rings. The SMILES string of the molecule is O=C1[C@@H]2[C@H](C(=O)N1/N=C\C=C\c1ccccc1)[C@@H]1C=C[C@@H]2C12CC2. The molecule has 4 atom stereocenters. The number of allylic oxidation sites excluding steroid dienone is 3. The van der Waals surface area contributed by atoms with Crippen LogP contribution in [0.1, 0.15) is 18.4 Å². The lowest BCUT2D eigenvalue weighted by Gasteiger charge is -2.18. The van der Waals surface area contributed by atoms with Crippen molar-refractivity contribution in [3.63, 3.8) is 0 Å². The van der Waals surface area contributed by atoms with Crippen molar-refractivity contribution in [3.05, 3.63) is 54.1 Å². The zero-order valence-corrected chi connectivity index (χ0v) is 13.2. The second-order valence-corrected chi connectivity index (χ2v) is 7.24. The van der Waals surface area contributed by atoms with Crippen molar-refractivity contribution in [1.82, 2.24) is 5.01 Å². The summed E-state index contributed by atoms with van der Waals surface area (Å²) in [6, 6.07) is 9.85. The number of imide groups is 1. The van der Waals surface area contributed by atoms with Crippen molar-refractivity contribution in [3.8, 4) is 0 Å². The summed E-state index contributed by atoms with van der Waals surface area (Å²) in [5.41, 5.74) is 1.29. The zero-order valence-electron chi connectivity index (χ0n) is 13.2. The molecule has 1 aromatic rings. The highest BCUT2D eigenvalue weighted by Gasteiger charge is 2.73. The maximum Gasteiger partial charge on any atom is 0.254 e. The Balaban J connectivity index is 1.34. The van der Waals surface area contributed by atoms with Crippen molar-refractivity contribution in [2.75, 3.05) is 0 Å². The lowest BCUT2D eigenvalue weighted by molar-refractivity contribution is -0.141. The van der Waals surface area contributed by atoms with E-state index in [0.717, 1.165) is 23.4 Å². The van der Waals surface area contributed by atoms with E-state index in [4.69, 9.17) is 0 Å². The van der Waals surface area contributed by atoms with E-state index in [1.54, 1.807) is 6.08 Å². The van der Waals surface area contributed by atoms with E-state index >= 15 is 0 Å². The van der Waals surface area contributed by atoms with Gasteiger partial charge in [0.1, 0.15) is 0 Å². The lowest BCUT2D eigenvalue weighted by Crippen LogP contribution is -2.30. The Kier molecular flexibility index (Phi) is 2.76. The summed E-state index contributed by atoms with van der Waals surface area (Å²) in [6.07, 6.45) is 11.9. The third-order valence-corrected chi connectivity index (χ3v) is 6.19. The van der Waals surface area contributed by atoms with Gasteiger partial charge in [0, 0.05) is 6.21 Å². The van der Waals surface area contributed by atoms with E-state index in [9.17, 15) is 9.59 Å². The largest absolute Gasteiger partial charge is 0.272 e. The molecule has 1 aromatic carbocycles. The van der Waals surface area contributed by atoms with Gasteiger partial charge < -0.3 is 0 Å². The van der Waals surface area contributed by atoms with E-state index in [1.165, 1.54) is 6.21 Å². The molecule has 1 aliphatic heterocycles. The first-order valence-electron chi connectivity index (χ1n) is 8.54. The molecule has 24 heavy (non-hydrogen) atoms. The molecule has 2 amide bonds. The number of rotatable bonds is 3. The fraction of sp³-hybridized carbons (Fsp3) is 0.350. The summed E-state index contributed by atoms with van der Waals surface area (Å²) < 4.78 is 0. The number of benzene rings is 1. The van der Waals surface area contributed by atoms with E-state index < -0.39 is 0 Å². The van der Waals surface area contributed by atoms with E-state index in [-0.39, 0.29) is 40.9 Å². The monoisotopic (exact) mass is 318 g/mol. The van der Waals surface area contributed by atoms with Crippen LogP contribution in [0.5, 0.6) is 0 Å². The first-order valence-corrected chi connectivity index (χ1v) is 8.54. The molecule has 5 rings (SSSR count). The topological polar surface area (TPSA) is 49.7 Å². The molecule has 0 radical (unpaired) electrons. The normalized spacial score (nSPS) is 35.1. The summed E-state index contributed by atoms with van der Waals surface area (Å²) in [7, 11) is 0. The second kappa shape index (κ2) is 4.76. The van der Waals surface area contributed by atoms with Crippen LogP contribution in [0, 0.1) is 29.1 Å². The summed E-state index contributed by atoms with van der Waals surface area (Å²) >= 11 is 0. The molecule has 2 saturated carbocycles. The smallest absolute Gasteiger partial charge is 0.254 e. The minimum atomic E-state index is -0.176. The molecular formula is C20H18N2O2. The number of carbonyl (C=O) groups excluding carboxylic acids is 2. The zero-order chi connectivity index (χ0) is 16.3. The molecule has 0 aromatic heterocycles. The third-order valence-electron chi connectivity index (χ3n) is 6.19. The maximum atomic E-state index is 12.7. The van der Waals surface area contributed by atoms with Crippen LogP contribution in [0.25, 0.3) is 6.08 Å². The fourth-order valence-corrected chi connectivity index (χ4v) is 5.00. The van der Waals surface area contributed by atoms with E-state index in [1.807, 2.05) is 36.4 Å². The van der Waals surface area contributed by atoms with Crippen molar-refractivity contribution in [1.29, 1.82) is 0 Å². The Morgan fingerprint density at radius 2 is 1.62 bits per heavy atom. The molecule has 0 N–H and O–H groups in total. The lowest BCUT2D eigenvalue weighted by atomic mass is 9.85. The van der Waals surface area contributed by atoms with Gasteiger partial charge >= 0.3 is 0 Å². The Morgan fingerprint density at radius 1 is 1.00 bits per heavy atom. The summed E-state index contributed by atoms with van der Waals surface area (Å²) in [4.78, 5) is 25.4. The molecule has 2 bridgehead atoms. The number of hydrazone groups is 1. The van der Waals surface area contributed by atoms with Gasteiger partial charge in [-0.2, -0.15) is 10.1 Å². The predicted octanol–water partition coefficient (Wildman–Crippen LogP) is 2.88. The highest BCUT2D eigenvalue weighted by atomic mass is 16.2. The highest BCUT2D eigenvalue weighted by molar-refractivity contribution is 6.07. The molecule has 3 aliphatic carbocycles. The summed E-state index contributed by atoms with van der Waals surface area (Å²) in [5.74, 6) is -0.0708. The molecule has 1 heterocycles. The van der Waals surface area contributed by atoms with Gasteiger partial charge in [-0.3, -0.25) is 9.59 Å². The number of fused-ring (bicyclic) bond motifs is 3. The van der Waals surface area contributed by atoms with Crippen molar-refractivity contribution >= 4 is 24.1 Å². The van der Waals surface area contributed by atoms with Crippen LogP contribution in [0.15, 0.2) is 53.7 Å². The minimum Gasteiger partial charge on any atom is -0.272 e. The van der Waals surface area contributed by atoms with Crippen LogP contribution in [0.3, 0.4) is 0 Å². The number of amides is 2. The van der Waals surface area contributed by atoms with Gasteiger partial charge in [-0.05, 0) is 41.7 Å². The first kappa shape index (κ1) is 13.9. The molecule has 1 spiro atoms. The van der Waals surface area contributed by atoms with E-state index in [0.29, 0.717) is 0 Å². The fourth-order valence-electron chi connectivity index (χ4n) is 5.00. The summed E-state index contributed by atoms with van der Waals surface area (Å²) in [5, 5.41) is 5.25. The Hall–Kier alpha value is -2.49. The Morgan fingerprint density at radius 3 is 2.21 bits per heavy atom. The van der Waals surface area contributed by atoms with Crippen LogP contribution in [-0.2, 0) is 9.59 Å². The number of hydrogen-bond donors (Lipinski definition) is 0. The van der Waals surface area contributed by atoms with Crippen LogP contribution in [0.2, 0.25) is 0 Å². The van der Waals surface area contributed by atoms with Gasteiger partial charge in [-0.1, -0.05) is 48.6 Å². The number of hydrogen-bond acceptors (Lipinski definition) is 3. The Bertz CT molecular complexity index is 770. The molecular weight excluding hydrogens is 300 g/mol. The first-order chi connectivity index (χ1) is 11.7. The molecule has 1 saturated heterocycles. The molecule has 4 heteroatoms. The third kappa shape index (κ3) is 1.71. The van der Waals surface area contributed by atoms with Gasteiger partial charge in [0.05, 0.1) is 11.8 Å². The van der Waals surface area contributed by atoms with Gasteiger partial charge in [0.25, 0.3) is 11.8 Å². The van der Waals surface area contributed by atoms with E-state index in [2.05, 4.69) is 17.3 Å². The van der Waals surface area contributed by atoms with Crippen molar-refractivity contribution in [2.24, 2.45) is 34.2 Å². The predicted molar refractivity (Wildman–Crippen MR) is 90.6 cm³/mol. The van der Waals surface area contributed by atoms with Crippen LogP contribution < -0.4 is 0 Å². The van der Waals surface area contributed by atoms with Crippen LogP contribution in [0.4, 0.5) is 0 Å². The van der Waals surface area contributed by atoms with Gasteiger partial charge in [-0.25, -0.2) is 0 Å². The maximum absolute atomic E-state index is 12.7. The molecule has 0 unspecified atom stereocenters. The Labute approximate surface area is 140 Å². The molecule has 4 nitrogen and oxygen atoms in total. The molecule has 120 valence electrons. The minimum absolute atomic E-state index is 0.113.